The highest BCUT2D eigenvalue weighted by Gasteiger charge is 2.41. The monoisotopic (exact) mass is 390 g/mol. The van der Waals surface area contributed by atoms with E-state index in [2.05, 4.69) is 10.6 Å². The molecule has 2 amide bonds. The highest BCUT2D eigenvalue weighted by Crippen LogP contribution is 2.31. The van der Waals surface area contributed by atoms with Crippen LogP contribution in [0.2, 0.25) is 0 Å². The molecule has 4 nitrogen and oxygen atoms in total. The maximum absolute atomic E-state index is 13.1. The molecule has 0 radical (unpaired) electrons. The van der Waals surface area contributed by atoms with Gasteiger partial charge in [-0.2, -0.15) is 13.2 Å². The molecule has 1 fully saturated rings. The summed E-state index contributed by atoms with van der Waals surface area (Å²) in [6.45, 7) is 0. The zero-order chi connectivity index (χ0) is 20.2. The Morgan fingerprint density at radius 3 is 2.54 bits per heavy atom. The molecule has 1 atom stereocenters. The summed E-state index contributed by atoms with van der Waals surface area (Å²) in [4.78, 5) is 25.3. The highest BCUT2D eigenvalue weighted by atomic mass is 19.4. The van der Waals surface area contributed by atoms with Crippen molar-refractivity contribution in [1.29, 1.82) is 0 Å². The van der Waals surface area contributed by atoms with Gasteiger partial charge < -0.3 is 10.6 Å². The summed E-state index contributed by atoms with van der Waals surface area (Å²) in [6, 6.07) is 13.7. The lowest BCUT2D eigenvalue weighted by atomic mass is 9.85. The van der Waals surface area contributed by atoms with E-state index in [1.54, 1.807) is 0 Å². The first-order valence-electron chi connectivity index (χ1n) is 9.12. The van der Waals surface area contributed by atoms with Crippen molar-refractivity contribution in [3.05, 3.63) is 65.7 Å². The number of hydrogen-bond acceptors (Lipinski definition) is 2. The number of nitrogens with one attached hydrogen (secondary N) is 2. The quantitative estimate of drug-likeness (QED) is 0.817. The molecule has 7 heteroatoms. The molecule has 1 aliphatic heterocycles. The first-order valence-corrected chi connectivity index (χ1v) is 9.12. The maximum atomic E-state index is 13.1. The molecule has 2 aromatic carbocycles. The number of amides is 2. The molecule has 1 aliphatic rings. The molecule has 0 spiro atoms. The van der Waals surface area contributed by atoms with Gasteiger partial charge in [-0.15, -0.1) is 0 Å². The van der Waals surface area contributed by atoms with Gasteiger partial charge in [0.05, 0.1) is 5.56 Å². The van der Waals surface area contributed by atoms with Crippen molar-refractivity contribution in [2.75, 3.05) is 5.32 Å². The Balaban J connectivity index is 1.89. The second-order valence-corrected chi connectivity index (χ2v) is 7.03. The second-order valence-electron chi connectivity index (χ2n) is 7.03. The van der Waals surface area contributed by atoms with E-state index in [1.807, 2.05) is 30.3 Å². The van der Waals surface area contributed by atoms with Crippen LogP contribution in [0.15, 0.2) is 54.6 Å². The molecule has 1 unspecified atom stereocenters. The summed E-state index contributed by atoms with van der Waals surface area (Å²) in [5, 5.41) is 5.41. The van der Waals surface area contributed by atoms with E-state index < -0.39 is 23.2 Å². The summed E-state index contributed by atoms with van der Waals surface area (Å²) in [6.07, 6.45) is -2.16. The van der Waals surface area contributed by atoms with Crippen LogP contribution in [0.25, 0.3) is 0 Å². The Hall–Kier alpha value is -2.83. The van der Waals surface area contributed by atoms with Crippen LogP contribution in [-0.2, 0) is 22.2 Å². The maximum Gasteiger partial charge on any atom is 0.416 e. The molecule has 1 heterocycles. The third-order valence-corrected chi connectivity index (χ3v) is 4.87. The van der Waals surface area contributed by atoms with E-state index in [1.165, 1.54) is 12.1 Å². The summed E-state index contributed by atoms with van der Waals surface area (Å²) >= 11 is 0. The molecule has 0 saturated carbocycles. The van der Waals surface area contributed by atoms with E-state index in [0.29, 0.717) is 25.7 Å². The normalized spacial score (nSPS) is 20.2. The second kappa shape index (κ2) is 8.04. The highest BCUT2D eigenvalue weighted by molar-refractivity contribution is 6.01. The minimum atomic E-state index is -4.50. The third-order valence-electron chi connectivity index (χ3n) is 4.87. The molecule has 2 N–H and O–H groups in total. The summed E-state index contributed by atoms with van der Waals surface area (Å²) in [7, 11) is 0. The van der Waals surface area contributed by atoms with Crippen LogP contribution in [0.1, 0.15) is 36.8 Å². The topological polar surface area (TPSA) is 58.2 Å². The van der Waals surface area contributed by atoms with Crippen LogP contribution >= 0.6 is 0 Å². The van der Waals surface area contributed by atoms with Crippen molar-refractivity contribution in [3.8, 4) is 0 Å². The number of alkyl halides is 3. The van der Waals surface area contributed by atoms with Crippen molar-refractivity contribution in [2.24, 2.45) is 0 Å². The van der Waals surface area contributed by atoms with Gasteiger partial charge in [-0.1, -0.05) is 42.8 Å². The van der Waals surface area contributed by atoms with Gasteiger partial charge >= 0.3 is 6.18 Å². The van der Waals surface area contributed by atoms with E-state index in [0.717, 1.165) is 17.7 Å². The first kappa shape index (κ1) is 19.9. The summed E-state index contributed by atoms with van der Waals surface area (Å²) in [5.41, 5.74) is -1.13. The van der Waals surface area contributed by atoms with Crippen LogP contribution in [0.4, 0.5) is 18.9 Å². The molecule has 28 heavy (non-hydrogen) atoms. The lowest BCUT2D eigenvalue weighted by molar-refractivity contribution is -0.137. The molecule has 148 valence electrons. The van der Waals surface area contributed by atoms with Gasteiger partial charge in [0.25, 0.3) is 0 Å². The molecule has 1 saturated heterocycles. The predicted molar refractivity (Wildman–Crippen MR) is 99.6 cm³/mol. The molecule has 3 rings (SSSR count). The van der Waals surface area contributed by atoms with E-state index in [9.17, 15) is 22.8 Å². The number of anilines is 1. The number of hydrogen-bond donors (Lipinski definition) is 2. The molecule has 0 bridgehead atoms. The molecular weight excluding hydrogens is 369 g/mol. The smallest absolute Gasteiger partial charge is 0.341 e. The molecule has 0 aromatic heterocycles. The lowest BCUT2D eigenvalue weighted by Gasteiger charge is -2.32. The van der Waals surface area contributed by atoms with E-state index in [-0.39, 0.29) is 18.0 Å². The number of carbonyl (C=O) groups is 2. The van der Waals surface area contributed by atoms with Gasteiger partial charge in [0, 0.05) is 18.5 Å². The SMILES string of the molecule is O=C1CCCCC(Cc2ccccc2)(C(=O)Nc2cccc(C(F)(F)F)c2)N1. The van der Waals surface area contributed by atoms with E-state index >= 15 is 0 Å². The van der Waals surface area contributed by atoms with Crippen LogP contribution in [0, 0.1) is 0 Å². The summed E-state index contributed by atoms with van der Waals surface area (Å²) < 4.78 is 38.9. The van der Waals surface area contributed by atoms with Crippen LogP contribution in [-0.4, -0.2) is 17.4 Å². The molecule has 2 aromatic rings. The van der Waals surface area contributed by atoms with Crippen molar-refractivity contribution in [3.63, 3.8) is 0 Å². The zero-order valence-electron chi connectivity index (χ0n) is 15.2. The van der Waals surface area contributed by atoms with Crippen LogP contribution in [0.5, 0.6) is 0 Å². The minimum Gasteiger partial charge on any atom is -0.341 e. The van der Waals surface area contributed by atoms with Crippen LogP contribution < -0.4 is 10.6 Å². The Morgan fingerprint density at radius 2 is 1.82 bits per heavy atom. The Kier molecular flexibility index (Phi) is 5.72. The van der Waals surface area contributed by atoms with Crippen molar-refractivity contribution in [1.82, 2.24) is 5.32 Å². The van der Waals surface area contributed by atoms with Gasteiger partial charge in [-0.3, -0.25) is 9.59 Å². The van der Waals surface area contributed by atoms with Crippen molar-refractivity contribution in [2.45, 2.75) is 43.8 Å². The fourth-order valence-corrected chi connectivity index (χ4v) is 3.46. The zero-order valence-corrected chi connectivity index (χ0v) is 15.2. The largest absolute Gasteiger partial charge is 0.416 e. The molecular formula is C21H21F3N2O2. The van der Waals surface area contributed by atoms with E-state index in [4.69, 9.17) is 0 Å². The van der Waals surface area contributed by atoms with Crippen molar-refractivity contribution < 1.29 is 22.8 Å². The number of carbonyl (C=O) groups excluding carboxylic acids is 2. The first-order chi connectivity index (χ1) is 13.3. The van der Waals surface area contributed by atoms with Gasteiger partial charge in [-0.05, 0) is 36.6 Å². The Labute approximate surface area is 161 Å². The fraction of sp³-hybridized carbons (Fsp3) is 0.333. The summed E-state index contributed by atoms with van der Waals surface area (Å²) in [5.74, 6) is -0.737. The van der Waals surface area contributed by atoms with Gasteiger partial charge in [0.2, 0.25) is 11.8 Å². The lowest BCUT2D eigenvalue weighted by Crippen LogP contribution is -2.57. The number of rotatable bonds is 4. The van der Waals surface area contributed by atoms with Gasteiger partial charge in [0.15, 0.2) is 0 Å². The third kappa shape index (κ3) is 4.71. The van der Waals surface area contributed by atoms with Gasteiger partial charge in [0.1, 0.15) is 5.54 Å². The Bertz CT molecular complexity index is 852. The minimum absolute atomic E-state index is 0.0470. The number of benzene rings is 2. The van der Waals surface area contributed by atoms with Gasteiger partial charge in [-0.25, -0.2) is 0 Å². The number of halogens is 3. The van der Waals surface area contributed by atoms with Crippen molar-refractivity contribution >= 4 is 17.5 Å². The predicted octanol–water partition coefficient (Wildman–Crippen LogP) is 4.32. The Morgan fingerprint density at radius 1 is 1.07 bits per heavy atom. The van der Waals surface area contributed by atoms with Crippen LogP contribution in [0.3, 0.4) is 0 Å². The molecule has 0 aliphatic carbocycles. The average Bonchev–Trinajstić information content (AvgIpc) is 2.84. The fourth-order valence-electron chi connectivity index (χ4n) is 3.46. The standard InChI is InChI=1S/C21H21F3N2O2/c22-21(23,24)16-9-6-10-17(13-16)25-19(28)20(12-5-4-11-18(27)26-20)14-15-7-2-1-3-8-15/h1-3,6-10,13H,4-5,11-12,14H2,(H,25,28)(H,26,27). The average molecular weight is 390 g/mol.